The Morgan fingerprint density at radius 1 is 0.929 bits per heavy atom. The maximum atomic E-state index is 13.6. The van der Waals surface area contributed by atoms with Crippen molar-refractivity contribution in [3.8, 4) is 12.0 Å². The van der Waals surface area contributed by atoms with Gasteiger partial charge in [0.1, 0.15) is 5.82 Å². The van der Waals surface area contributed by atoms with Crippen LogP contribution in [0.25, 0.3) is 0 Å². The lowest BCUT2D eigenvalue weighted by Gasteiger charge is -2.18. The number of hydrogen-bond donors (Lipinski definition) is 1. The Balaban J connectivity index is 0.000000231. The van der Waals surface area contributed by atoms with E-state index in [1.54, 1.807) is 20.8 Å². The lowest BCUT2D eigenvalue weighted by molar-refractivity contribution is -0.167. The molecule has 224 valence electrons. The molecule has 0 saturated heterocycles. The van der Waals surface area contributed by atoms with Gasteiger partial charge >= 0.3 is 11.9 Å². The standard InChI is InChI=1S/C14H12ClFN2O4.C13H14ClFN2O3/c1-3-20-13(19)14(2)6-11(18-22-14)8-4-12(21-7-17)10(16)5-9(8)15;1-3-19-12(18)13(2)6-11(17-20-13)7-4-10(16)9(15)5-8(7)14/h4-5H,3,6H2,1-2H3;4-5H,3,6,16H2,1-2H3. The van der Waals surface area contributed by atoms with E-state index in [4.69, 9.17) is 53.3 Å². The number of benzene rings is 2. The van der Waals surface area contributed by atoms with E-state index in [9.17, 15) is 18.4 Å². The number of carbonyl (C=O) groups excluding carboxylic acids is 2. The molecule has 2 aromatic rings. The third kappa shape index (κ3) is 7.00. The van der Waals surface area contributed by atoms with Crippen molar-refractivity contribution >= 4 is 52.3 Å². The molecule has 0 fully saturated rings. The molecule has 0 radical (unpaired) electrons. The fraction of sp³-hybridized carbons (Fsp3) is 0.370. The number of rotatable bonds is 7. The number of ether oxygens (including phenoxy) is 3. The molecule has 2 aliphatic heterocycles. The number of esters is 2. The number of nitriles is 1. The molecule has 2 unspecified atom stereocenters. The van der Waals surface area contributed by atoms with E-state index in [0.29, 0.717) is 22.6 Å². The molecule has 4 rings (SSSR count). The van der Waals surface area contributed by atoms with Crippen molar-refractivity contribution in [2.75, 3.05) is 18.9 Å². The molecule has 0 aromatic heterocycles. The molecule has 2 atom stereocenters. The quantitative estimate of drug-likeness (QED) is 0.245. The molecule has 2 aliphatic rings. The van der Waals surface area contributed by atoms with Gasteiger partial charge in [0.25, 0.3) is 6.26 Å². The summed E-state index contributed by atoms with van der Waals surface area (Å²) in [5.74, 6) is -2.73. The highest BCUT2D eigenvalue weighted by Gasteiger charge is 2.45. The number of halogens is 4. The summed E-state index contributed by atoms with van der Waals surface area (Å²) in [6.45, 7) is 6.95. The molecule has 2 aromatic carbocycles. The maximum Gasteiger partial charge on any atom is 0.353 e. The minimum Gasteiger partial charge on any atom is -0.463 e. The van der Waals surface area contributed by atoms with Gasteiger partial charge in [-0.05, 0) is 52.0 Å². The molecule has 2 heterocycles. The largest absolute Gasteiger partial charge is 0.463 e. The lowest BCUT2D eigenvalue weighted by atomic mass is 9.95. The van der Waals surface area contributed by atoms with E-state index >= 15 is 0 Å². The summed E-state index contributed by atoms with van der Waals surface area (Å²) in [6, 6.07) is 4.72. The third-order valence-corrected chi connectivity index (χ3v) is 6.65. The summed E-state index contributed by atoms with van der Waals surface area (Å²) in [5.41, 5.74) is 4.53. The number of carbonyl (C=O) groups is 2. The van der Waals surface area contributed by atoms with Crippen LogP contribution in [-0.2, 0) is 28.7 Å². The smallest absolute Gasteiger partial charge is 0.353 e. The summed E-state index contributed by atoms with van der Waals surface area (Å²) in [7, 11) is 0. The minimum atomic E-state index is -1.26. The van der Waals surface area contributed by atoms with Gasteiger partial charge in [0, 0.05) is 24.0 Å². The number of nitrogens with two attached hydrogens (primary N) is 1. The van der Waals surface area contributed by atoms with Crippen LogP contribution in [-0.4, -0.2) is 47.8 Å². The van der Waals surface area contributed by atoms with Crippen LogP contribution in [0.5, 0.6) is 5.75 Å². The zero-order valence-electron chi connectivity index (χ0n) is 22.9. The van der Waals surface area contributed by atoms with E-state index in [2.05, 4.69) is 15.0 Å². The maximum absolute atomic E-state index is 13.6. The van der Waals surface area contributed by atoms with Crippen molar-refractivity contribution in [2.45, 2.75) is 51.7 Å². The predicted molar refractivity (Wildman–Crippen MR) is 148 cm³/mol. The van der Waals surface area contributed by atoms with Crippen molar-refractivity contribution < 1.29 is 42.3 Å². The number of nitrogen functional groups attached to an aromatic ring is 1. The Morgan fingerprint density at radius 3 is 1.83 bits per heavy atom. The fourth-order valence-electron chi connectivity index (χ4n) is 3.82. The predicted octanol–water partition coefficient (Wildman–Crippen LogP) is 5.29. The summed E-state index contributed by atoms with van der Waals surface area (Å²) < 4.78 is 41.2. The van der Waals surface area contributed by atoms with Crippen LogP contribution in [0.2, 0.25) is 10.0 Å². The van der Waals surface area contributed by atoms with E-state index in [0.717, 1.165) is 12.1 Å². The summed E-state index contributed by atoms with van der Waals surface area (Å²) >= 11 is 12.0. The molecule has 15 heteroatoms. The highest BCUT2D eigenvalue weighted by Crippen LogP contribution is 2.34. The monoisotopic (exact) mass is 626 g/mol. The Kier molecular flexibility index (Phi) is 10.2. The van der Waals surface area contributed by atoms with Crippen molar-refractivity contribution in [1.29, 1.82) is 5.26 Å². The van der Waals surface area contributed by atoms with E-state index in [-0.39, 0.29) is 47.5 Å². The Labute approximate surface area is 249 Å². The second kappa shape index (κ2) is 13.2. The Hall–Kier alpha value is -4.15. The van der Waals surface area contributed by atoms with Gasteiger partial charge in [-0.25, -0.2) is 18.4 Å². The minimum absolute atomic E-state index is 0.0446. The number of hydrogen-bond acceptors (Lipinski definition) is 11. The number of oxime groups is 2. The molecule has 0 amide bonds. The molecule has 2 N–H and O–H groups in total. The van der Waals surface area contributed by atoms with Gasteiger partial charge in [0.15, 0.2) is 11.6 Å². The average molecular weight is 627 g/mol. The summed E-state index contributed by atoms with van der Waals surface area (Å²) in [6.07, 6.45) is 1.66. The van der Waals surface area contributed by atoms with Crippen LogP contribution < -0.4 is 10.5 Å². The van der Waals surface area contributed by atoms with E-state index in [1.807, 2.05) is 0 Å². The molecule has 42 heavy (non-hydrogen) atoms. The van der Waals surface area contributed by atoms with Crippen LogP contribution in [0.3, 0.4) is 0 Å². The van der Waals surface area contributed by atoms with Crippen LogP contribution in [0.15, 0.2) is 34.6 Å². The lowest BCUT2D eigenvalue weighted by Crippen LogP contribution is -2.37. The molecule has 0 saturated carbocycles. The second-order valence-corrected chi connectivity index (χ2v) is 10.1. The first-order chi connectivity index (χ1) is 19.8. The van der Waals surface area contributed by atoms with Gasteiger partial charge in [0.05, 0.1) is 40.4 Å². The van der Waals surface area contributed by atoms with Crippen molar-refractivity contribution in [3.05, 3.63) is 57.1 Å². The molecule has 0 spiro atoms. The van der Waals surface area contributed by atoms with Crippen LogP contribution in [0.1, 0.15) is 51.7 Å². The van der Waals surface area contributed by atoms with Crippen LogP contribution in [0.4, 0.5) is 14.5 Å². The third-order valence-electron chi connectivity index (χ3n) is 6.02. The normalized spacial score (nSPS) is 20.5. The van der Waals surface area contributed by atoms with Crippen LogP contribution in [0, 0.1) is 23.2 Å². The summed E-state index contributed by atoms with van der Waals surface area (Å²) in [5, 5.41) is 16.4. The fourth-order valence-corrected chi connectivity index (χ4v) is 4.34. The van der Waals surface area contributed by atoms with Crippen LogP contribution >= 0.6 is 23.2 Å². The van der Waals surface area contributed by atoms with Gasteiger partial charge in [-0.3, -0.25) is 0 Å². The van der Waals surface area contributed by atoms with Gasteiger partial charge in [0.2, 0.25) is 11.2 Å². The molecule has 11 nitrogen and oxygen atoms in total. The molecular formula is C27H26Cl2F2N4O7. The SMILES string of the molecule is CCOC(=O)C1(C)CC(c2cc(N)c(F)cc2Cl)=NO1.CCOC(=O)C1(C)CC(c2cc(OC#N)c(F)cc2Cl)=NO1. The Morgan fingerprint density at radius 2 is 1.38 bits per heavy atom. The second-order valence-electron chi connectivity index (χ2n) is 9.32. The first-order valence-corrected chi connectivity index (χ1v) is 13.2. The average Bonchev–Trinajstić information content (AvgIpc) is 3.53. The molecule has 0 bridgehead atoms. The van der Waals surface area contributed by atoms with Gasteiger partial charge in [-0.2, -0.15) is 0 Å². The van der Waals surface area contributed by atoms with E-state index < -0.39 is 34.8 Å². The van der Waals surface area contributed by atoms with Gasteiger partial charge in [-0.15, -0.1) is 5.26 Å². The number of anilines is 1. The van der Waals surface area contributed by atoms with Gasteiger partial charge < -0.3 is 29.6 Å². The van der Waals surface area contributed by atoms with Crippen molar-refractivity contribution in [1.82, 2.24) is 0 Å². The van der Waals surface area contributed by atoms with Gasteiger partial charge in [-0.1, -0.05) is 33.5 Å². The highest BCUT2D eigenvalue weighted by atomic mass is 35.5. The first-order valence-electron chi connectivity index (χ1n) is 12.4. The first kappa shape index (κ1) is 32.4. The topological polar surface area (TPSA) is 155 Å². The zero-order chi connectivity index (χ0) is 31.2. The van der Waals surface area contributed by atoms with Crippen molar-refractivity contribution in [2.24, 2.45) is 10.3 Å². The van der Waals surface area contributed by atoms with Crippen molar-refractivity contribution in [3.63, 3.8) is 0 Å². The molecule has 0 aliphatic carbocycles. The number of nitrogens with zero attached hydrogens (tertiary/aromatic N) is 3. The highest BCUT2D eigenvalue weighted by molar-refractivity contribution is 6.35. The Bertz CT molecular complexity index is 1500. The van der Waals surface area contributed by atoms with E-state index in [1.165, 1.54) is 25.3 Å². The summed E-state index contributed by atoms with van der Waals surface area (Å²) in [4.78, 5) is 34.0. The molecular weight excluding hydrogens is 601 g/mol. The zero-order valence-corrected chi connectivity index (χ0v) is 24.4.